The van der Waals surface area contributed by atoms with E-state index in [4.69, 9.17) is 4.74 Å². The molecule has 1 aromatic carbocycles. The lowest BCUT2D eigenvalue weighted by molar-refractivity contribution is -0.143. The van der Waals surface area contributed by atoms with E-state index in [9.17, 15) is 9.90 Å². The fourth-order valence-electron chi connectivity index (χ4n) is 3.42. The van der Waals surface area contributed by atoms with Crippen LogP contribution in [0.25, 0.3) is 0 Å². The van der Waals surface area contributed by atoms with Crippen LogP contribution in [0.5, 0.6) is 5.75 Å². The molecule has 114 valence electrons. The number of hydrogen-bond acceptors (Lipinski definition) is 2. The molecular weight excluding hydrogens is 264 g/mol. The van der Waals surface area contributed by atoms with Gasteiger partial charge < -0.3 is 9.84 Å². The Morgan fingerprint density at radius 1 is 1.29 bits per heavy atom. The monoisotopic (exact) mass is 288 g/mol. The topological polar surface area (TPSA) is 46.5 Å². The lowest BCUT2D eigenvalue weighted by atomic mass is 9.77. The summed E-state index contributed by atoms with van der Waals surface area (Å²) in [7, 11) is 0. The highest BCUT2D eigenvalue weighted by Gasteiger charge is 2.45. The highest BCUT2D eigenvalue weighted by Crippen LogP contribution is 2.47. The van der Waals surface area contributed by atoms with Crippen LogP contribution in [0.3, 0.4) is 0 Å². The van der Waals surface area contributed by atoms with Crippen LogP contribution in [-0.2, 0) is 10.2 Å². The van der Waals surface area contributed by atoms with Crippen molar-refractivity contribution in [2.24, 2.45) is 5.92 Å². The standard InChI is InChI=1S/C18H24O3/c1-12-5-8-15(18(17(19)20)9-3-4-10-18)16(13(12)2)21-11-14-6-7-14/h5,8,14H,3-4,6-7,9-11H2,1-2H3,(H,19,20). The van der Waals surface area contributed by atoms with Gasteiger partial charge in [-0.1, -0.05) is 25.0 Å². The second-order valence-electron chi connectivity index (χ2n) is 6.73. The fraction of sp³-hybridized carbons (Fsp3) is 0.611. The number of benzene rings is 1. The third-order valence-corrected chi connectivity index (χ3v) is 5.22. The fourth-order valence-corrected chi connectivity index (χ4v) is 3.42. The van der Waals surface area contributed by atoms with Gasteiger partial charge in [-0.05, 0) is 56.6 Å². The zero-order valence-corrected chi connectivity index (χ0v) is 12.9. The molecule has 0 atom stereocenters. The van der Waals surface area contributed by atoms with Gasteiger partial charge in [0.25, 0.3) is 0 Å². The maximum Gasteiger partial charge on any atom is 0.314 e. The molecule has 0 unspecified atom stereocenters. The van der Waals surface area contributed by atoms with Crippen molar-refractivity contribution in [1.82, 2.24) is 0 Å². The molecule has 21 heavy (non-hydrogen) atoms. The van der Waals surface area contributed by atoms with Crippen molar-refractivity contribution >= 4 is 5.97 Å². The summed E-state index contributed by atoms with van der Waals surface area (Å²) >= 11 is 0. The van der Waals surface area contributed by atoms with Crippen molar-refractivity contribution in [1.29, 1.82) is 0 Å². The molecule has 1 aromatic rings. The molecule has 0 aromatic heterocycles. The lowest BCUT2D eigenvalue weighted by Crippen LogP contribution is -2.33. The summed E-state index contributed by atoms with van der Waals surface area (Å²) in [6, 6.07) is 4.03. The Balaban J connectivity index is 2.03. The van der Waals surface area contributed by atoms with E-state index in [2.05, 4.69) is 6.92 Å². The quantitative estimate of drug-likeness (QED) is 0.891. The third kappa shape index (κ3) is 2.54. The third-order valence-electron chi connectivity index (χ3n) is 5.22. The van der Waals surface area contributed by atoms with E-state index in [0.29, 0.717) is 5.92 Å². The molecule has 3 nitrogen and oxygen atoms in total. The minimum atomic E-state index is -0.739. The van der Waals surface area contributed by atoms with E-state index in [1.54, 1.807) is 0 Å². The first-order valence-corrected chi connectivity index (χ1v) is 8.01. The van der Waals surface area contributed by atoms with Gasteiger partial charge in [0.05, 0.1) is 12.0 Å². The number of carboxylic acids is 1. The number of carbonyl (C=O) groups is 1. The molecule has 1 N–H and O–H groups in total. The van der Waals surface area contributed by atoms with E-state index in [0.717, 1.165) is 49.2 Å². The maximum atomic E-state index is 12.0. The first-order valence-electron chi connectivity index (χ1n) is 8.01. The minimum absolute atomic E-state index is 0.669. The van der Waals surface area contributed by atoms with Crippen molar-refractivity contribution in [3.05, 3.63) is 28.8 Å². The second kappa shape index (κ2) is 5.36. The van der Waals surface area contributed by atoms with Crippen LogP contribution in [0, 0.1) is 19.8 Å². The highest BCUT2D eigenvalue weighted by atomic mass is 16.5. The first kappa shape index (κ1) is 14.4. The van der Waals surface area contributed by atoms with Gasteiger partial charge in [0.2, 0.25) is 0 Å². The normalized spacial score (nSPS) is 20.5. The van der Waals surface area contributed by atoms with Gasteiger partial charge in [-0.25, -0.2) is 0 Å². The molecule has 2 saturated carbocycles. The smallest absolute Gasteiger partial charge is 0.314 e. The number of rotatable bonds is 5. The Hall–Kier alpha value is -1.51. The Bertz CT molecular complexity index is 552. The van der Waals surface area contributed by atoms with E-state index in [1.807, 2.05) is 19.1 Å². The summed E-state index contributed by atoms with van der Waals surface area (Å²) in [6.45, 7) is 4.84. The van der Waals surface area contributed by atoms with Gasteiger partial charge in [-0.2, -0.15) is 0 Å². The van der Waals surface area contributed by atoms with Gasteiger partial charge in [0.15, 0.2) is 0 Å². The van der Waals surface area contributed by atoms with E-state index >= 15 is 0 Å². The van der Waals surface area contributed by atoms with Crippen LogP contribution in [0.4, 0.5) is 0 Å². The average molecular weight is 288 g/mol. The van der Waals surface area contributed by atoms with Gasteiger partial charge in [0, 0.05) is 5.56 Å². The summed E-state index contributed by atoms with van der Waals surface area (Å²) in [5, 5.41) is 9.84. The van der Waals surface area contributed by atoms with Crippen LogP contribution in [-0.4, -0.2) is 17.7 Å². The van der Waals surface area contributed by atoms with E-state index in [-0.39, 0.29) is 0 Å². The largest absolute Gasteiger partial charge is 0.493 e. The zero-order valence-electron chi connectivity index (χ0n) is 12.9. The summed E-state index contributed by atoms with van der Waals surface area (Å²) in [6.07, 6.45) is 5.91. The molecule has 2 aliphatic carbocycles. The average Bonchev–Trinajstić information content (AvgIpc) is 3.14. The van der Waals surface area contributed by atoms with Crippen LogP contribution >= 0.6 is 0 Å². The molecule has 0 radical (unpaired) electrons. The summed E-state index contributed by atoms with van der Waals surface area (Å²) in [5.41, 5.74) is 2.43. The van der Waals surface area contributed by atoms with Crippen LogP contribution < -0.4 is 4.74 Å². The molecule has 0 spiro atoms. The van der Waals surface area contributed by atoms with Gasteiger partial charge in [-0.15, -0.1) is 0 Å². The lowest BCUT2D eigenvalue weighted by Gasteiger charge is -2.28. The van der Waals surface area contributed by atoms with Gasteiger partial charge in [0.1, 0.15) is 5.75 Å². The van der Waals surface area contributed by atoms with Crippen molar-refractivity contribution in [3.8, 4) is 5.75 Å². The zero-order chi connectivity index (χ0) is 15.0. The number of hydrogen-bond donors (Lipinski definition) is 1. The Morgan fingerprint density at radius 2 is 1.95 bits per heavy atom. The summed E-state index contributed by atoms with van der Waals surface area (Å²) in [5.74, 6) is 0.813. The molecule has 2 aliphatic rings. The molecule has 0 aliphatic heterocycles. The highest BCUT2D eigenvalue weighted by molar-refractivity contribution is 5.83. The predicted molar refractivity (Wildman–Crippen MR) is 81.9 cm³/mol. The Labute approximate surface area is 126 Å². The van der Waals surface area contributed by atoms with E-state index < -0.39 is 11.4 Å². The molecule has 3 heteroatoms. The van der Waals surface area contributed by atoms with Crippen LogP contribution in [0.1, 0.15) is 55.2 Å². The maximum absolute atomic E-state index is 12.0. The summed E-state index contributed by atoms with van der Waals surface area (Å²) in [4.78, 5) is 12.0. The molecule has 0 amide bonds. The number of carboxylic acid groups (broad SMARTS) is 1. The predicted octanol–water partition coefficient (Wildman–Crippen LogP) is 3.99. The number of ether oxygens (including phenoxy) is 1. The van der Waals surface area contributed by atoms with Gasteiger partial charge >= 0.3 is 5.97 Å². The van der Waals surface area contributed by atoms with Crippen LogP contribution in [0.15, 0.2) is 12.1 Å². The van der Waals surface area contributed by atoms with Crippen molar-refractivity contribution in [3.63, 3.8) is 0 Å². The first-order chi connectivity index (χ1) is 10.0. The Kier molecular flexibility index (Phi) is 3.68. The second-order valence-corrected chi connectivity index (χ2v) is 6.73. The molecule has 0 bridgehead atoms. The molecule has 0 heterocycles. The summed E-state index contributed by atoms with van der Waals surface area (Å²) < 4.78 is 6.10. The number of aliphatic carboxylic acids is 1. The van der Waals surface area contributed by atoms with E-state index in [1.165, 1.54) is 18.4 Å². The molecule has 3 rings (SSSR count). The number of aryl methyl sites for hydroxylation is 1. The molecule has 0 saturated heterocycles. The Morgan fingerprint density at radius 3 is 2.52 bits per heavy atom. The SMILES string of the molecule is Cc1ccc(C2(C(=O)O)CCCC2)c(OCC2CC2)c1C. The molecule has 2 fully saturated rings. The molecular formula is C18H24O3. The van der Waals surface area contributed by atoms with Crippen molar-refractivity contribution < 1.29 is 14.6 Å². The van der Waals surface area contributed by atoms with Crippen molar-refractivity contribution in [2.45, 2.75) is 57.8 Å². The van der Waals surface area contributed by atoms with Gasteiger partial charge in [-0.3, -0.25) is 4.79 Å². The van der Waals surface area contributed by atoms with Crippen molar-refractivity contribution in [2.75, 3.05) is 6.61 Å². The van der Waals surface area contributed by atoms with Crippen LogP contribution in [0.2, 0.25) is 0 Å². The minimum Gasteiger partial charge on any atom is -0.493 e.